The third-order valence-corrected chi connectivity index (χ3v) is 3.61. The summed E-state index contributed by atoms with van der Waals surface area (Å²) >= 11 is 0. The largest absolute Gasteiger partial charge is 0.383 e. The molecule has 90 valence electrons. The van der Waals surface area contributed by atoms with Crippen LogP contribution in [0.4, 0.5) is 0 Å². The van der Waals surface area contributed by atoms with E-state index in [0.717, 1.165) is 25.9 Å². The predicted molar refractivity (Wildman–Crippen MR) is 65.5 cm³/mol. The summed E-state index contributed by atoms with van der Waals surface area (Å²) in [7, 11) is 1.77. The van der Waals surface area contributed by atoms with Crippen molar-refractivity contribution >= 4 is 0 Å². The van der Waals surface area contributed by atoms with Crippen LogP contribution in [0.5, 0.6) is 0 Å². The Morgan fingerprint density at radius 3 is 3.12 bits per heavy atom. The van der Waals surface area contributed by atoms with Gasteiger partial charge in [0.05, 0.1) is 12.6 Å². The number of methoxy groups -OCH3 is 1. The van der Waals surface area contributed by atoms with E-state index in [2.05, 4.69) is 23.8 Å². The lowest BCUT2D eigenvalue weighted by Gasteiger charge is -2.25. The highest BCUT2D eigenvalue weighted by Crippen LogP contribution is 2.31. The summed E-state index contributed by atoms with van der Waals surface area (Å²) < 4.78 is 7.66. The topological polar surface area (TPSA) is 40.2 Å². The molecule has 0 radical (unpaired) electrons. The fourth-order valence-corrected chi connectivity index (χ4v) is 2.68. The summed E-state index contributed by atoms with van der Waals surface area (Å²) in [6.07, 6.45) is 6.78. The fourth-order valence-electron chi connectivity index (χ4n) is 2.68. The molecule has 0 bridgehead atoms. The summed E-state index contributed by atoms with van der Waals surface area (Å²) in [6.45, 7) is 2.99. The second-order valence-corrected chi connectivity index (χ2v) is 4.64. The fraction of sp³-hybridized carbons (Fsp3) is 0.692. The van der Waals surface area contributed by atoms with Gasteiger partial charge in [0.15, 0.2) is 0 Å². The minimum Gasteiger partial charge on any atom is -0.383 e. The molecule has 2 rings (SSSR count). The summed E-state index contributed by atoms with van der Waals surface area (Å²) in [5.74, 6) is 0. The molecule has 0 saturated heterocycles. The highest BCUT2D eigenvalue weighted by atomic mass is 16.5. The van der Waals surface area contributed by atoms with Crippen molar-refractivity contribution in [2.24, 2.45) is 5.73 Å². The van der Waals surface area contributed by atoms with Crippen LogP contribution in [0.2, 0.25) is 0 Å². The summed E-state index contributed by atoms with van der Waals surface area (Å²) in [5.41, 5.74) is 8.91. The van der Waals surface area contributed by atoms with Gasteiger partial charge in [-0.05, 0) is 37.3 Å². The van der Waals surface area contributed by atoms with Crippen LogP contribution in [0.15, 0.2) is 12.3 Å². The van der Waals surface area contributed by atoms with Gasteiger partial charge < -0.3 is 15.0 Å². The van der Waals surface area contributed by atoms with Crippen LogP contribution in [0.25, 0.3) is 0 Å². The highest BCUT2D eigenvalue weighted by Gasteiger charge is 2.22. The van der Waals surface area contributed by atoms with Crippen LogP contribution < -0.4 is 5.73 Å². The van der Waals surface area contributed by atoms with Crippen molar-refractivity contribution in [2.75, 3.05) is 13.7 Å². The van der Waals surface area contributed by atoms with Crippen LogP contribution in [0, 0.1) is 0 Å². The Hall–Kier alpha value is -0.800. The molecule has 1 aromatic rings. The monoisotopic (exact) mass is 222 g/mol. The molecule has 0 fully saturated rings. The molecule has 0 aromatic carbocycles. The highest BCUT2D eigenvalue weighted by molar-refractivity contribution is 5.28. The number of rotatable bonds is 4. The second-order valence-electron chi connectivity index (χ2n) is 4.64. The van der Waals surface area contributed by atoms with Gasteiger partial charge in [0, 0.05) is 25.0 Å². The van der Waals surface area contributed by atoms with Crippen LogP contribution in [0.3, 0.4) is 0 Å². The van der Waals surface area contributed by atoms with Gasteiger partial charge in [0.1, 0.15) is 0 Å². The Labute approximate surface area is 97.6 Å². The molecular formula is C13H22N2O. The normalized spacial score (nSPS) is 21.8. The Morgan fingerprint density at radius 2 is 2.44 bits per heavy atom. The number of fused-ring (bicyclic) bond motifs is 1. The number of hydrogen-bond acceptors (Lipinski definition) is 2. The van der Waals surface area contributed by atoms with E-state index in [9.17, 15) is 0 Å². The maximum atomic E-state index is 6.13. The minimum atomic E-state index is 0.241. The van der Waals surface area contributed by atoms with E-state index in [1.807, 2.05) is 0 Å². The Kier molecular flexibility index (Phi) is 3.66. The predicted octanol–water partition coefficient (Wildman–Crippen LogP) is 2.42. The molecule has 1 aliphatic rings. The van der Waals surface area contributed by atoms with Crippen molar-refractivity contribution in [2.45, 2.75) is 44.7 Å². The van der Waals surface area contributed by atoms with E-state index >= 15 is 0 Å². The first kappa shape index (κ1) is 11.7. The maximum Gasteiger partial charge on any atom is 0.0669 e. The lowest BCUT2D eigenvalue weighted by Crippen LogP contribution is -2.21. The van der Waals surface area contributed by atoms with Crippen LogP contribution >= 0.6 is 0 Å². The van der Waals surface area contributed by atoms with Crippen molar-refractivity contribution in [3.8, 4) is 0 Å². The first-order valence-electron chi connectivity index (χ1n) is 6.22. The summed E-state index contributed by atoms with van der Waals surface area (Å²) in [4.78, 5) is 0. The van der Waals surface area contributed by atoms with Gasteiger partial charge in [-0.15, -0.1) is 0 Å². The molecule has 0 aliphatic heterocycles. The van der Waals surface area contributed by atoms with E-state index in [1.54, 1.807) is 7.11 Å². The van der Waals surface area contributed by atoms with Gasteiger partial charge in [-0.1, -0.05) is 6.92 Å². The molecule has 3 nitrogen and oxygen atoms in total. The van der Waals surface area contributed by atoms with E-state index in [4.69, 9.17) is 10.5 Å². The van der Waals surface area contributed by atoms with E-state index in [-0.39, 0.29) is 6.04 Å². The smallest absolute Gasteiger partial charge is 0.0669 e. The molecule has 1 aliphatic carbocycles. The average molecular weight is 222 g/mol. The van der Waals surface area contributed by atoms with E-state index in [1.165, 1.54) is 17.7 Å². The SMILES string of the molecule is CCC(COC)n1ccc2c1CCCC2N. The molecule has 0 saturated carbocycles. The molecule has 2 N–H and O–H groups in total. The maximum absolute atomic E-state index is 6.13. The average Bonchev–Trinajstić information content (AvgIpc) is 2.71. The van der Waals surface area contributed by atoms with Crippen molar-refractivity contribution in [1.82, 2.24) is 4.57 Å². The van der Waals surface area contributed by atoms with Gasteiger partial charge >= 0.3 is 0 Å². The van der Waals surface area contributed by atoms with Crippen molar-refractivity contribution in [3.63, 3.8) is 0 Å². The zero-order valence-electron chi connectivity index (χ0n) is 10.3. The quantitative estimate of drug-likeness (QED) is 0.850. The lowest BCUT2D eigenvalue weighted by molar-refractivity contribution is 0.151. The first-order chi connectivity index (χ1) is 7.77. The standard InChI is InChI=1S/C13H22N2O/c1-3-10(9-16-2)15-8-7-11-12(14)5-4-6-13(11)15/h7-8,10,12H,3-6,9,14H2,1-2H3. The number of nitrogens with zero attached hydrogens (tertiary/aromatic N) is 1. The van der Waals surface area contributed by atoms with Gasteiger partial charge in [0.25, 0.3) is 0 Å². The Balaban J connectivity index is 2.27. The van der Waals surface area contributed by atoms with Crippen LogP contribution in [-0.2, 0) is 11.2 Å². The molecule has 16 heavy (non-hydrogen) atoms. The van der Waals surface area contributed by atoms with Gasteiger partial charge in [0.2, 0.25) is 0 Å². The van der Waals surface area contributed by atoms with Crippen molar-refractivity contribution in [3.05, 3.63) is 23.5 Å². The zero-order valence-corrected chi connectivity index (χ0v) is 10.3. The van der Waals surface area contributed by atoms with Crippen LogP contribution in [0.1, 0.15) is 49.5 Å². The number of hydrogen-bond donors (Lipinski definition) is 1. The molecule has 2 unspecified atom stereocenters. The van der Waals surface area contributed by atoms with E-state index in [0.29, 0.717) is 6.04 Å². The molecule has 1 heterocycles. The molecule has 0 spiro atoms. The molecule has 0 amide bonds. The van der Waals surface area contributed by atoms with Gasteiger partial charge in [-0.2, -0.15) is 0 Å². The number of nitrogens with two attached hydrogens (primary N) is 1. The lowest BCUT2D eigenvalue weighted by atomic mass is 9.93. The zero-order chi connectivity index (χ0) is 11.5. The molecule has 2 atom stereocenters. The van der Waals surface area contributed by atoms with E-state index < -0.39 is 0 Å². The Bertz CT molecular complexity index is 346. The third-order valence-electron chi connectivity index (χ3n) is 3.61. The molecular weight excluding hydrogens is 200 g/mol. The Morgan fingerprint density at radius 1 is 1.62 bits per heavy atom. The van der Waals surface area contributed by atoms with Crippen molar-refractivity contribution in [1.29, 1.82) is 0 Å². The van der Waals surface area contributed by atoms with Gasteiger partial charge in [-0.3, -0.25) is 0 Å². The number of ether oxygens (including phenoxy) is 1. The second kappa shape index (κ2) is 5.02. The molecule has 1 aromatic heterocycles. The summed E-state index contributed by atoms with van der Waals surface area (Å²) in [6, 6.07) is 2.89. The van der Waals surface area contributed by atoms with Crippen LogP contribution in [-0.4, -0.2) is 18.3 Å². The number of aromatic nitrogens is 1. The first-order valence-corrected chi connectivity index (χ1v) is 6.22. The van der Waals surface area contributed by atoms with Crippen molar-refractivity contribution < 1.29 is 4.74 Å². The summed E-state index contributed by atoms with van der Waals surface area (Å²) in [5, 5.41) is 0. The third kappa shape index (κ3) is 2.02. The molecule has 3 heteroatoms. The minimum absolute atomic E-state index is 0.241. The van der Waals surface area contributed by atoms with Gasteiger partial charge in [-0.25, -0.2) is 0 Å².